The number of likely N-dealkylation sites (tertiary alicyclic amines) is 1. The number of hydrogen-bond acceptors (Lipinski definition) is 2. The van der Waals surface area contributed by atoms with Crippen LogP contribution in [0.3, 0.4) is 0 Å². The molecule has 1 aromatic carbocycles. The predicted molar refractivity (Wildman–Crippen MR) is 65.2 cm³/mol. The molecule has 0 saturated carbocycles. The lowest BCUT2D eigenvalue weighted by Crippen LogP contribution is -2.38. The summed E-state index contributed by atoms with van der Waals surface area (Å²) in [5.41, 5.74) is 1.02. The second-order valence-corrected chi connectivity index (χ2v) is 4.36. The minimum atomic E-state index is -0.175. The highest BCUT2D eigenvalue weighted by Gasteiger charge is 2.17. The molecule has 0 unspecified atom stereocenters. The molecule has 1 fully saturated rings. The van der Waals surface area contributed by atoms with Crippen LogP contribution >= 0.6 is 0 Å². The number of nitrogens with zero attached hydrogens (tertiary/aromatic N) is 1. The van der Waals surface area contributed by atoms with Gasteiger partial charge in [0.2, 0.25) is 0 Å². The molecule has 2 rings (SSSR count). The fraction of sp³-hybridized carbons (Fsp3) is 0.538. The Kier molecular flexibility index (Phi) is 3.78. The lowest BCUT2D eigenvalue weighted by Gasteiger charge is -2.32. The molecule has 1 aliphatic rings. The molecule has 2 nitrogen and oxygen atoms in total. The first-order valence-corrected chi connectivity index (χ1v) is 6.02. The smallest absolute Gasteiger partial charge is 0.123 e. The van der Waals surface area contributed by atoms with E-state index in [-0.39, 0.29) is 5.82 Å². The minimum Gasteiger partial charge on any atom is -0.382 e. The van der Waals surface area contributed by atoms with Gasteiger partial charge in [-0.2, -0.15) is 0 Å². The van der Waals surface area contributed by atoms with Crippen molar-refractivity contribution in [1.82, 2.24) is 4.90 Å². The zero-order chi connectivity index (χ0) is 11.4. The van der Waals surface area contributed by atoms with Crippen molar-refractivity contribution in [1.29, 1.82) is 0 Å². The summed E-state index contributed by atoms with van der Waals surface area (Å²) in [4.78, 5) is 2.46. The number of halogens is 1. The quantitative estimate of drug-likeness (QED) is 0.846. The number of piperidine rings is 1. The average Bonchev–Trinajstić information content (AvgIpc) is 2.33. The van der Waals surface area contributed by atoms with Crippen molar-refractivity contribution in [2.75, 3.05) is 25.0 Å². The zero-order valence-electron chi connectivity index (χ0n) is 9.75. The molecular weight excluding hydrogens is 203 g/mol. The molecule has 1 saturated heterocycles. The van der Waals surface area contributed by atoms with Gasteiger partial charge in [-0.1, -0.05) is 6.92 Å². The van der Waals surface area contributed by atoms with Crippen LogP contribution in [-0.4, -0.2) is 30.6 Å². The summed E-state index contributed by atoms with van der Waals surface area (Å²) in [6.07, 6.45) is 2.34. The second-order valence-electron chi connectivity index (χ2n) is 4.36. The third-order valence-electron chi connectivity index (χ3n) is 3.25. The molecule has 1 N–H and O–H groups in total. The van der Waals surface area contributed by atoms with E-state index in [9.17, 15) is 4.39 Å². The Morgan fingerprint density at radius 3 is 2.44 bits per heavy atom. The summed E-state index contributed by atoms with van der Waals surface area (Å²) < 4.78 is 12.7. The van der Waals surface area contributed by atoms with E-state index < -0.39 is 0 Å². The maximum atomic E-state index is 12.7. The fourth-order valence-electron chi connectivity index (χ4n) is 2.18. The van der Waals surface area contributed by atoms with Gasteiger partial charge >= 0.3 is 0 Å². The predicted octanol–water partition coefficient (Wildman–Crippen LogP) is 2.72. The molecule has 0 radical (unpaired) electrons. The first-order chi connectivity index (χ1) is 7.78. The summed E-state index contributed by atoms with van der Waals surface area (Å²) in [6.45, 7) is 5.67. The Hall–Kier alpha value is -1.09. The fourth-order valence-corrected chi connectivity index (χ4v) is 2.18. The summed E-state index contributed by atoms with van der Waals surface area (Å²) in [5, 5.41) is 3.46. The van der Waals surface area contributed by atoms with Gasteiger partial charge in [0, 0.05) is 24.8 Å². The number of rotatable bonds is 3. The maximum absolute atomic E-state index is 12.7. The van der Waals surface area contributed by atoms with Crippen molar-refractivity contribution < 1.29 is 4.39 Å². The van der Waals surface area contributed by atoms with Gasteiger partial charge in [-0.15, -0.1) is 0 Å². The van der Waals surface area contributed by atoms with Crippen LogP contribution in [0.4, 0.5) is 10.1 Å². The summed E-state index contributed by atoms with van der Waals surface area (Å²) >= 11 is 0. The monoisotopic (exact) mass is 222 g/mol. The Morgan fingerprint density at radius 1 is 1.25 bits per heavy atom. The number of hydrogen-bond donors (Lipinski definition) is 1. The second kappa shape index (κ2) is 5.30. The first kappa shape index (κ1) is 11.4. The molecule has 1 aromatic rings. The molecule has 3 heteroatoms. The standard InChI is InChI=1S/C13H19FN2/c1-2-16-9-7-13(8-10-16)15-12-5-3-11(14)4-6-12/h3-6,13,15H,2,7-10H2,1H3. The molecule has 0 bridgehead atoms. The van der Waals surface area contributed by atoms with Crippen LogP contribution in [0.25, 0.3) is 0 Å². The van der Waals surface area contributed by atoms with Crippen LogP contribution < -0.4 is 5.32 Å². The van der Waals surface area contributed by atoms with Crippen molar-refractivity contribution in [2.24, 2.45) is 0 Å². The van der Waals surface area contributed by atoms with Crippen LogP contribution in [0.2, 0.25) is 0 Å². The van der Waals surface area contributed by atoms with E-state index >= 15 is 0 Å². The molecular formula is C13H19FN2. The molecule has 16 heavy (non-hydrogen) atoms. The van der Waals surface area contributed by atoms with Crippen LogP contribution in [0, 0.1) is 5.82 Å². The molecule has 0 aliphatic carbocycles. The van der Waals surface area contributed by atoms with Gasteiger partial charge in [0.25, 0.3) is 0 Å². The highest BCUT2D eigenvalue weighted by molar-refractivity contribution is 5.43. The Balaban J connectivity index is 1.84. The Labute approximate surface area is 96.5 Å². The van der Waals surface area contributed by atoms with Crippen LogP contribution in [0.1, 0.15) is 19.8 Å². The third-order valence-corrected chi connectivity index (χ3v) is 3.25. The van der Waals surface area contributed by atoms with E-state index in [0.29, 0.717) is 6.04 Å². The minimum absolute atomic E-state index is 0.175. The highest BCUT2D eigenvalue weighted by atomic mass is 19.1. The normalized spacial score (nSPS) is 18.6. The van der Waals surface area contributed by atoms with E-state index in [0.717, 1.165) is 25.3 Å². The lowest BCUT2D eigenvalue weighted by molar-refractivity contribution is 0.229. The Morgan fingerprint density at radius 2 is 1.88 bits per heavy atom. The van der Waals surface area contributed by atoms with E-state index in [4.69, 9.17) is 0 Å². The number of anilines is 1. The molecule has 0 atom stereocenters. The van der Waals surface area contributed by atoms with Gasteiger partial charge < -0.3 is 10.2 Å². The van der Waals surface area contributed by atoms with Gasteiger partial charge in [-0.3, -0.25) is 0 Å². The summed E-state index contributed by atoms with van der Waals surface area (Å²) in [5.74, 6) is -0.175. The summed E-state index contributed by atoms with van der Waals surface area (Å²) in [6, 6.07) is 7.16. The SMILES string of the molecule is CCN1CCC(Nc2ccc(F)cc2)CC1. The largest absolute Gasteiger partial charge is 0.382 e. The van der Waals surface area contributed by atoms with Gasteiger partial charge in [0.05, 0.1) is 0 Å². The van der Waals surface area contributed by atoms with E-state index in [1.165, 1.54) is 25.0 Å². The van der Waals surface area contributed by atoms with Gasteiger partial charge in [0.1, 0.15) is 5.82 Å². The lowest BCUT2D eigenvalue weighted by atomic mass is 10.0. The van der Waals surface area contributed by atoms with Crippen LogP contribution in [-0.2, 0) is 0 Å². The molecule has 88 valence electrons. The van der Waals surface area contributed by atoms with Crippen molar-refractivity contribution >= 4 is 5.69 Å². The van der Waals surface area contributed by atoms with Crippen molar-refractivity contribution in [2.45, 2.75) is 25.8 Å². The topological polar surface area (TPSA) is 15.3 Å². The molecule has 0 spiro atoms. The van der Waals surface area contributed by atoms with Crippen LogP contribution in [0.5, 0.6) is 0 Å². The Bertz CT molecular complexity index is 315. The molecule has 1 aliphatic heterocycles. The highest BCUT2D eigenvalue weighted by Crippen LogP contribution is 2.16. The number of nitrogens with one attached hydrogen (secondary N) is 1. The third kappa shape index (κ3) is 2.95. The van der Waals surface area contributed by atoms with E-state index in [1.807, 2.05) is 12.1 Å². The number of benzene rings is 1. The van der Waals surface area contributed by atoms with Crippen molar-refractivity contribution in [3.05, 3.63) is 30.1 Å². The van der Waals surface area contributed by atoms with Gasteiger partial charge in [-0.05, 0) is 43.7 Å². The van der Waals surface area contributed by atoms with Crippen molar-refractivity contribution in [3.63, 3.8) is 0 Å². The molecule has 1 heterocycles. The first-order valence-electron chi connectivity index (χ1n) is 6.02. The maximum Gasteiger partial charge on any atom is 0.123 e. The average molecular weight is 222 g/mol. The van der Waals surface area contributed by atoms with Gasteiger partial charge in [-0.25, -0.2) is 4.39 Å². The summed E-state index contributed by atoms with van der Waals surface area (Å²) in [7, 11) is 0. The van der Waals surface area contributed by atoms with E-state index in [2.05, 4.69) is 17.1 Å². The molecule has 0 aromatic heterocycles. The zero-order valence-corrected chi connectivity index (χ0v) is 9.75. The molecule has 0 amide bonds. The van der Waals surface area contributed by atoms with Crippen molar-refractivity contribution in [3.8, 4) is 0 Å². The van der Waals surface area contributed by atoms with Gasteiger partial charge in [0.15, 0.2) is 0 Å². The van der Waals surface area contributed by atoms with Crippen LogP contribution in [0.15, 0.2) is 24.3 Å². The van der Waals surface area contributed by atoms with E-state index in [1.54, 1.807) is 0 Å².